The molecule has 0 bridgehead atoms. The van der Waals surface area contributed by atoms with E-state index < -0.39 is 17.8 Å². The predicted octanol–water partition coefficient (Wildman–Crippen LogP) is 2.44. The van der Waals surface area contributed by atoms with E-state index in [9.17, 15) is 27.6 Å². The smallest absolute Gasteiger partial charge is 0.338 e. The summed E-state index contributed by atoms with van der Waals surface area (Å²) < 4.78 is 43.7. The van der Waals surface area contributed by atoms with E-state index in [1.807, 2.05) is 0 Å². The van der Waals surface area contributed by atoms with Crippen molar-refractivity contribution < 1.29 is 27.6 Å². The third-order valence-corrected chi connectivity index (χ3v) is 7.20. The minimum absolute atomic E-state index is 0.0473. The first-order valence-corrected chi connectivity index (χ1v) is 12.9. The largest absolute Gasteiger partial charge is 0.435 e. The zero-order valence-electron chi connectivity index (χ0n) is 22.0. The molecule has 1 aliphatic carbocycles. The number of aromatic nitrogens is 4. The van der Waals surface area contributed by atoms with Crippen LogP contribution in [0.25, 0.3) is 11.3 Å². The summed E-state index contributed by atoms with van der Waals surface area (Å²) in [7, 11) is 1.47. The van der Waals surface area contributed by atoms with Crippen molar-refractivity contribution in [1.82, 2.24) is 29.1 Å². The highest BCUT2D eigenvalue weighted by atomic mass is 19.4. The van der Waals surface area contributed by atoms with Crippen molar-refractivity contribution in [3.05, 3.63) is 53.2 Å². The van der Waals surface area contributed by atoms with E-state index in [2.05, 4.69) is 15.4 Å². The molecule has 2 fully saturated rings. The summed E-state index contributed by atoms with van der Waals surface area (Å²) in [5.74, 6) is -1.03. The number of hydrogen-bond donors (Lipinski definition) is 2. The number of benzene rings is 1. The number of nitrogens with one attached hydrogen (secondary N) is 1. The molecule has 14 heteroatoms. The maximum Gasteiger partial charge on any atom is 0.435 e. The van der Waals surface area contributed by atoms with Gasteiger partial charge in [-0.2, -0.15) is 18.3 Å². The standard InChI is InChI=1S/C26H29F3N8O3/c1-15-11-16(3-6-18(15)25(40)36-9-7-35(8-10-36)21(38)12-30)32-24(39)23-31-13-20(34(23)2)19-14-37(17-4-5-17)33-22(19)26(27,28)29/h3,6,11,13-14,17H,4-5,7-10,12,30H2,1-2H3,(H,32,39). The molecule has 3 heterocycles. The van der Waals surface area contributed by atoms with Gasteiger partial charge in [0.05, 0.1) is 30.0 Å². The van der Waals surface area contributed by atoms with Gasteiger partial charge in [-0.15, -0.1) is 0 Å². The number of alkyl halides is 3. The van der Waals surface area contributed by atoms with E-state index >= 15 is 0 Å². The van der Waals surface area contributed by atoms with Gasteiger partial charge < -0.3 is 25.4 Å². The van der Waals surface area contributed by atoms with Gasteiger partial charge in [0.1, 0.15) is 0 Å². The normalized spacial score (nSPS) is 15.8. The number of carbonyl (C=O) groups excluding carboxylic acids is 3. The Bertz CT molecular complexity index is 1470. The Hall–Kier alpha value is -4.20. The van der Waals surface area contributed by atoms with E-state index in [1.54, 1.807) is 34.9 Å². The first-order chi connectivity index (χ1) is 19.0. The van der Waals surface area contributed by atoms with Crippen molar-refractivity contribution in [3.8, 4) is 11.3 Å². The van der Waals surface area contributed by atoms with Crippen LogP contribution in [-0.4, -0.2) is 79.6 Å². The lowest BCUT2D eigenvalue weighted by Gasteiger charge is -2.34. The molecule has 0 unspecified atom stereocenters. The van der Waals surface area contributed by atoms with Crippen LogP contribution in [0.15, 0.2) is 30.6 Å². The predicted molar refractivity (Wildman–Crippen MR) is 138 cm³/mol. The number of rotatable bonds is 6. The third kappa shape index (κ3) is 5.30. The molecule has 212 valence electrons. The van der Waals surface area contributed by atoms with Crippen LogP contribution in [0.1, 0.15) is 51.1 Å². The number of amides is 3. The van der Waals surface area contributed by atoms with Crippen LogP contribution in [0.2, 0.25) is 0 Å². The molecular weight excluding hydrogens is 529 g/mol. The molecule has 1 aliphatic heterocycles. The van der Waals surface area contributed by atoms with Crippen LogP contribution in [0.3, 0.4) is 0 Å². The molecule has 3 N–H and O–H groups in total. The SMILES string of the molecule is Cc1cc(NC(=O)c2ncc(-c3cn(C4CC4)nc3C(F)(F)F)n2C)ccc1C(=O)N1CCN(C(=O)CN)CC1. The van der Waals surface area contributed by atoms with Gasteiger partial charge in [-0.05, 0) is 43.5 Å². The van der Waals surface area contributed by atoms with Gasteiger partial charge in [-0.3, -0.25) is 19.1 Å². The second-order valence-corrected chi connectivity index (χ2v) is 9.99. The number of aryl methyl sites for hydroxylation is 1. The molecule has 0 radical (unpaired) electrons. The molecule has 3 aromatic rings. The quantitative estimate of drug-likeness (QED) is 0.478. The van der Waals surface area contributed by atoms with Crippen molar-refractivity contribution in [1.29, 1.82) is 0 Å². The highest BCUT2D eigenvalue weighted by Gasteiger charge is 2.40. The molecular formula is C26H29F3N8O3. The van der Waals surface area contributed by atoms with Crippen LogP contribution in [0, 0.1) is 6.92 Å². The number of nitrogens with zero attached hydrogens (tertiary/aromatic N) is 6. The van der Waals surface area contributed by atoms with Gasteiger partial charge in [0.15, 0.2) is 11.5 Å². The molecule has 1 saturated carbocycles. The summed E-state index contributed by atoms with van der Waals surface area (Å²) in [6, 6.07) is 4.78. The number of carbonyl (C=O) groups is 3. The molecule has 5 rings (SSSR count). The van der Waals surface area contributed by atoms with Crippen molar-refractivity contribution in [2.24, 2.45) is 12.8 Å². The fraction of sp³-hybridized carbons (Fsp3) is 0.423. The summed E-state index contributed by atoms with van der Waals surface area (Å²) in [6.45, 7) is 3.27. The van der Waals surface area contributed by atoms with Crippen molar-refractivity contribution in [3.63, 3.8) is 0 Å². The highest BCUT2D eigenvalue weighted by Crippen LogP contribution is 2.41. The summed E-state index contributed by atoms with van der Waals surface area (Å²) in [4.78, 5) is 45.2. The Balaban J connectivity index is 1.29. The Morgan fingerprint density at radius 1 is 1.10 bits per heavy atom. The number of halogens is 3. The zero-order valence-corrected chi connectivity index (χ0v) is 22.0. The summed E-state index contributed by atoms with van der Waals surface area (Å²) >= 11 is 0. The lowest BCUT2D eigenvalue weighted by atomic mass is 10.1. The van der Waals surface area contributed by atoms with Crippen LogP contribution >= 0.6 is 0 Å². The van der Waals surface area contributed by atoms with Crippen molar-refractivity contribution >= 4 is 23.4 Å². The Morgan fingerprint density at radius 3 is 2.38 bits per heavy atom. The number of hydrogen-bond acceptors (Lipinski definition) is 6. The number of piperazine rings is 1. The number of nitrogens with two attached hydrogens (primary N) is 1. The topological polar surface area (TPSA) is 131 Å². The summed E-state index contributed by atoms with van der Waals surface area (Å²) in [6.07, 6.45) is -0.532. The van der Waals surface area contributed by atoms with Gasteiger partial charge in [0.2, 0.25) is 5.91 Å². The first kappa shape index (κ1) is 27.4. The third-order valence-electron chi connectivity index (χ3n) is 7.20. The van der Waals surface area contributed by atoms with E-state index in [4.69, 9.17) is 5.73 Å². The average Bonchev–Trinajstić information content (AvgIpc) is 3.55. The molecule has 2 aliphatic rings. The molecule has 2 aromatic heterocycles. The molecule has 1 aromatic carbocycles. The molecule has 1 saturated heterocycles. The van der Waals surface area contributed by atoms with Gasteiger partial charge in [0, 0.05) is 50.7 Å². The maximum atomic E-state index is 13.7. The minimum Gasteiger partial charge on any atom is -0.338 e. The zero-order chi connectivity index (χ0) is 28.8. The van der Waals surface area contributed by atoms with E-state index in [0.717, 1.165) is 12.8 Å². The fourth-order valence-electron chi connectivity index (χ4n) is 4.81. The van der Waals surface area contributed by atoms with Crippen molar-refractivity contribution in [2.75, 3.05) is 38.0 Å². The van der Waals surface area contributed by atoms with E-state index in [0.29, 0.717) is 43.0 Å². The van der Waals surface area contributed by atoms with Gasteiger partial charge in [-0.1, -0.05) is 0 Å². The molecule has 0 atom stereocenters. The van der Waals surface area contributed by atoms with Gasteiger partial charge in [-0.25, -0.2) is 4.98 Å². The monoisotopic (exact) mass is 558 g/mol. The van der Waals surface area contributed by atoms with Crippen LogP contribution in [0.4, 0.5) is 18.9 Å². The van der Waals surface area contributed by atoms with Gasteiger partial charge in [0.25, 0.3) is 11.8 Å². The number of anilines is 1. The lowest BCUT2D eigenvalue weighted by molar-refractivity contribution is -0.141. The molecule has 40 heavy (non-hydrogen) atoms. The maximum absolute atomic E-state index is 13.7. The van der Waals surface area contributed by atoms with Gasteiger partial charge >= 0.3 is 6.18 Å². The van der Waals surface area contributed by atoms with Crippen LogP contribution in [0.5, 0.6) is 0 Å². The molecule has 0 spiro atoms. The molecule has 3 amide bonds. The second-order valence-electron chi connectivity index (χ2n) is 9.99. The summed E-state index contributed by atoms with van der Waals surface area (Å²) in [5.41, 5.74) is 5.87. The molecule has 11 nitrogen and oxygen atoms in total. The fourth-order valence-corrected chi connectivity index (χ4v) is 4.81. The lowest BCUT2D eigenvalue weighted by Crippen LogP contribution is -2.52. The second kappa shape index (κ2) is 10.4. The summed E-state index contributed by atoms with van der Waals surface area (Å²) in [5, 5.41) is 6.47. The average molecular weight is 559 g/mol. The number of imidazole rings is 1. The van der Waals surface area contributed by atoms with Crippen LogP contribution < -0.4 is 11.1 Å². The Labute approximate surface area is 227 Å². The Kier molecular flexibility index (Phi) is 7.12. The van der Waals surface area contributed by atoms with Crippen molar-refractivity contribution in [2.45, 2.75) is 32.0 Å². The minimum atomic E-state index is -4.66. The highest BCUT2D eigenvalue weighted by molar-refractivity contribution is 6.03. The Morgan fingerprint density at radius 2 is 1.77 bits per heavy atom. The van der Waals surface area contributed by atoms with E-state index in [-0.39, 0.29) is 41.5 Å². The van der Waals surface area contributed by atoms with E-state index in [1.165, 1.54) is 28.7 Å². The first-order valence-electron chi connectivity index (χ1n) is 12.9. The van der Waals surface area contributed by atoms with Crippen LogP contribution in [-0.2, 0) is 18.0 Å².